The SMILES string of the molecule is [2H]c1c([2H])c([2H])c(-c2cc(-c3nc(-c4ccc(-c5ccccc5)cc4)nc(-c4c([2H])c([2H])c5c(sc6c([2H])c([2H])c([2H])c(-c7c([2H])c([2H])c([2H])c([2H])c7[2H])c65)c4[2H])n3)c3c(c2)sc2ccccc23)c([2H])c1[2H]. The van der Waals surface area contributed by atoms with E-state index in [1.54, 1.807) is 12.1 Å². The third kappa shape index (κ3) is 5.68. The molecular formula is C51H31N3S2. The molecule has 56 heavy (non-hydrogen) atoms. The summed E-state index contributed by atoms with van der Waals surface area (Å²) in [6, 6.07) is 19.2. The molecule has 3 heterocycles. The van der Waals surface area contributed by atoms with Crippen molar-refractivity contribution in [3.05, 3.63) is 188 Å². The molecule has 8 aromatic carbocycles. The van der Waals surface area contributed by atoms with E-state index in [2.05, 4.69) is 0 Å². The summed E-state index contributed by atoms with van der Waals surface area (Å²) in [5.74, 6) is -0.0710. The quantitative estimate of drug-likeness (QED) is 0.169. The fourth-order valence-corrected chi connectivity index (χ4v) is 9.06. The highest BCUT2D eigenvalue weighted by Crippen LogP contribution is 2.44. The third-order valence-corrected chi connectivity index (χ3v) is 11.6. The van der Waals surface area contributed by atoms with Gasteiger partial charge in [0.2, 0.25) is 0 Å². The zero-order valence-corrected chi connectivity index (χ0v) is 30.5. The highest BCUT2D eigenvalue weighted by Gasteiger charge is 2.20. The van der Waals surface area contributed by atoms with Crippen LogP contribution in [0.2, 0.25) is 0 Å². The van der Waals surface area contributed by atoms with Crippen molar-refractivity contribution in [1.29, 1.82) is 0 Å². The Morgan fingerprint density at radius 3 is 1.80 bits per heavy atom. The van der Waals surface area contributed by atoms with Crippen LogP contribution in [0.4, 0.5) is 0 Å². The molecule has 0 aliphatic carbocycles. The van der Waals surface area contributed by atoms with E-state index in [9.17, 15) is 4.11 Å². The van der Waals surface area contributed by atoms with Crippen molar-refractivity contribution in [3.8, 4) is 67.5 Å². The minimum Gasteiger partial charge on any atom is -0.208 e. The minimum absolute atomic E-state index is 0.00177. The molecule has 0 aliphatic rings. The van der Waals surface area contributed by atoms with Gasteiger partial charge in [0, 0.05) is 57.0 Å². The molecule has 0 fully saturated rings. The first-order valence-electron chi connectivity index (χ1n) is 25.4. The fraction of sp³-hybridized carbons (Fsp3) is 0. The summed E-state index contributed by atoms with van der Waals surface area (Å²) in [6.45, 7) is 0. The first-order chi connectivity index (χ1) is 34.4. The maximum atomic E-state index is 9.82. The van der Waals surface area contributed by atoms with Gasteiger partial charge in [-0.15, -0.1) is 22.7 Å². The monoisotopic (exact) mass is 765 g/mol. The lowest BCUT2D eigenvalue weighted by Gasteiger charge is -2.12. The Morgan fingerprint density at radius 2 is 1.00 bits per heavy atom. The number of nitrogens with zero attached hydrogens (tertiary/aromatic N) is 3. The van der Waals surface area contributed by atoms with Gasteiger partial charge in [-0.3, -0.25) is 0 Å². The van der Waals surface area contributed by atoms with Crippen molar-refractivity contribution in [3.63, 3.8) is 0 Å². The van der Waals surface area contributed by atoms with Crippen LogP contribution in [0.1, 0.15) is 21.9 Å². The van der Waals surface area contributed by atoms with Gasteiger partial charge in [0.05, 0.1) is 21.9 Å². The lowest BCUT2D eigenvalue weighted by molar-refractivity contribution is 1.08. The molecule has 3 nitrogen and oxygen atoms in total. The predicted octanol–water partition coefficient (Wildman–Crippen LogP) is 14.6. The topological polar surface area (TPSA) is 38.7 Å². The lowest BCUT2D eigenvalue weighted by Crippen LogP contribution is -2.00. The summed E-state index contributed by atoms with van der Waals surface area (Å²) in [6.07, 6.45) is 0. The first-order valence-corrected chi connectivity index (χ1v) is 19.0. The molecule has 0 amide bonds. The Hall–Kier alpha value is -6.79. The second-order valence-electron chi connectivity index (χ2n) is 12.8. The maximum absolute atomic E-state index is 9.82. The van der Waals surface area contributed by atoms with Crippen LogP contribution in [-0.2, 0) is 0 Å². The predicted molar refractivity (Wildman–Crippen MR) is 238 cm³/mol. The van der Waals surface area contributed by atoms with Crippen molar-refractivity contribution in [1.82, 2.24) is 15.0 Å². The molecular weight excluding hydrogens is 719 g/mol. The first kappa shape index (κ1) is 20.2. The summed E-state index contributed by atoms with van der Waals surface area (Å²) >= 11 is 2.24. The molecule has 3 aromatic heterocycles. The Balaban J connectivity index is 1.23. The Bertz CT molecular complexity index is 4120. The van der Waals surface area contributed by atoms with Crippen LogP contribution in [0.15, 0.2) is 188 Å². The summed E-state index contributed by atoms with van der Waals surface area (Å²) in [5.41, 5.74) is 2.02. The molecule has 0 N–H and O–H groups in total. The number of benzene rings is 8. The number of hydrogen-bond donors (Lipinski definition) is 0. The van der Waals surface area contributed by atoms with E-state index in [4.69, 9.17) is 32.8 Å². The molecule has 0 aliphatic heterocycles. The van der Waals surface area contributed by atoms with Gasteiger partial charge in [-0.2, -0.15) is 0 Å². The highest BCUT2D eigenvalue weighted by atomic mass is 32.1. The Labute approximate surface area is 354 Å². The van der Waals surface area contributed by atoms with Crippen molar-refractivity contribution in [2.45, 2.75) is 0 Å². The second-order valence-corrected chi connectivity index (χ2v) is 14.9. The van der Waals surface area contributed by atoms with E-state index >= 15 is 0 Å². The molecule has 0 saturated carbocycles. The third-order valence-electron chi connectivity index (χ3n) is 9.44. The molecule has 0 unspecified atom stereocenters. The Kier molecular flexibility index (Phi) is 4.87. The average molecular weight is 766 g/mol. The maximum Gasteiger partial charge on any atom is 0.164 e. The number of rotatable bonds is 6. The van der Waals surface area contributed by atoms with Gasteiger partial charge in [0.1, 0.15) is 0 Å². The highest BCUT2D eigenvalue weighted by molar-refractivity contribution is 7.26. The molecule has 0 spiro atoms. The van der Waals surface area contributed by atoms with E-state index in [1.807, 2.05) is 78.9 Å². The fourth-order valence-electron chi connectivity index (χ4n) is 6.87. The van der Waals surface area contributed by atoms with Crippen molar-refractivity contribution >= 4 is 63.0 Å². The van der Waals surface area contributed by atoms with E-state index in [-0.39, 0.29) is 65.9 Å². The van der Waals surface area contributed by atoms with Gasteiger partial charge in [-0.25, -0.2) is 15.0 Å². The minimum atomic E-state index is -0.696. The van der Waals surface area contributed by atoms with Gasteiger partial charge in [-0.05, 0) is 63.7 Å². The molecule has 0 radical (unpaired) electrons. The van der Waals surface area contributed by atoms with Gasteiger partial charge >= 0.3 is 0 Å². The van der Waals surface area contributed by atoms with Gasteiger partial charge < -0.3 is 0 Å². The van der Waals surface area contributed by atoms with Crippen LogP contribution in [0.25, 0.3) is 108 Å². The second kappa shape index (κ2) is 13.5. The number of thiophene rings is 2. The molecule has 11 rings (SSSR count). The summed E-state index contributed by atoms with van der Waals surface area (Å²) in [4.78, 5) is 14.9. The average Bonchev–Trinajstić information content (AvgIpc) is 3.98. The van der Waals surface area contributed by atoms with Crippen molar-refractivity contribution < 1.29 is 21.9 Å². The van der Waals surface area contributed by atoms with Crippen LogP contribution < -0.4 is 0 Å². The molecule has 0 atom stereocenters. The zero-order valence-electron chi connectivity index (χ0n) is 44.8. The summed E-state index contributed by atoms with van der Waals surface area (Å²) in [5, 5.41) is 1.31. The normalized spacial score (nSPS) is 15.6. The van der Waals surface area contributed by atoms with Crippen LogP contribution in [-0.4, -0.2) is 15.0 Å². The van der Waals surface area contributed by atoms with Gasteiger partial charge in [0.25, 0.3) is 0 Å². The molecule has 0 bridgehead atoms. The summed E-state index contributed by atoms with van der Waals surface area (Å²) < 4.78 is 143. The number of hydrogen-bond acceptors (Lipinski definition) is 5. The molecule has 5 heteroatoms. The Morgan fingerprint density at radius 1 is 0.357 bits per heavy atom. The zero-order chi connectivity index (χ0) is 50.9. The van der Waals surface area contributed by atoms with Crippen LogP contribution >= 0.6 is 22.7 Å². The van der Waals surface area contributed by atoms with Crippen LogP contribution in [0.5, 0.6) is 0 Å². The number of aromatic nitrogens is 3. The van der Waals surface area contributed by atoms with E-state index in [0.717, 1.165) is 32.5 Å². The number of fused-ring (bicyclic) bond motifs is 6. The van der Waals surface area contributed by atoms with Crippen molar-refractivity contribution in [2.75, 3.05) is 0 Å². The van der Waals surface area contributed by atoms with E-state index < -0.39 is 96.2 Å². The van der Waals surface area contributed by atoms with Crippen molar-refractivity contribution in [2.24, 2.45) is 0 Å². The molecule has 11 aromatic rings. The molecule has 262 valence electrons. The van der Waals surface area contributed by atoms with Crippen LogP contribution in [0, 0.1) is 0 Å². The molecule has 0 saturated heterocycles. The smallest absolute Gasteiger partial charge is 0.164 e. The lowest BCUT2D eigenvalue weighted by atomic mass is 9.98. The standard InChI is InChI=1S/C51H31N3S2/c1-4-13-32(14-5-1)34-23-25-36(26-24-34)49-52-50(37-27-28-41-45(30-37)56-44-22-12-20-39(47(41)44)35-17-8-3-9-18-35)54-51(53-49)42-29-38(33-15-6-2-7-16-33)31-46-48(42)40-19-10-11-21-43(40)55-46/h1-31H/i2D,3D,6D,7D,8D,9D,12D,15D,16D,17D,18D,20D,22D,27D,28D,30D. The van der Waals surface area contributed by atoms with Gasteiger partial charge in [-0.1, -0.05) is 157 Å². The van der Waals surface area contributed by atoms with Gasteiger partial charge in [0.15, 0.2) is 17.5 Å². The van der Waals surface area contributed by atoms with E-state index in [0.29, 0.717) is 21.2 Å². The largest absolute Gasteiger partial charge is 0.208 e. The van der Waals surface area contributed by atoms with E-state index in [1.165, 1.54) is 11.3 Å². The van der Waals surface area contributed by atoms with Crippen LogP contribution in [0.3, 0.4) is 0 Å². The summed E-state index contributed by atoms with van der Waals surface area (Å²) in [7, 11) is 0.